The smallest absolute Gasteiger partial charge is 0.257 e. The van der Waals surface area contributed by atoms with Gasteiger partial charge in [0.25, 0.3) is 5.91 Å². The number of ether oxygens (including phenoxy) is 1. The molecule has 0 aliphatic rings. The van der Waals surface area contributed by atoms with Crippen molar-refractivity contribution in [2.45, 2.75) is 96.8 Å². The molecule has 1 aromatic rings. The van der Waals surface area contributed by atoms with Crippen molar-refractivity contribution in [3.63, 3.8) is 0 Å². The Morgan fingerprint density at radius 1 is 0.800 bits per heavy atom. The number of carbonyl (C=O) groups is 1. The van der Waals surface area contributed by atoms with Gasteiger partial charge in [0.2, 0.25) is 0 Å². The molecule has 1 amide bonds. The summed E-state index contributed by atoms with van der Waals surface area (Å²) >= 11 is 5.21. The summed E-state index contributed by atoms with van der Waals surface area (Å²) in [7, 11) is 1.60. The zero-order valence-electron chi connectivity index (χ0n) is 19.1. The van der Waals surface area contributed by atoms with Gasteiger partial charge in [-0.1, -0.05) is 90.4 Å². The van der Waals surface area contributed by atoms with Crippen molar-refractivity contribution in [3.05, 3.63) is 29.8 Å². The Hall–Kier alpha value is -1.62. The van der Waals surface area contributed by atoms with Crippen molar-refractivity contribution in [2.24, 2.45) is 0 Å². The van der Waals surface area contributed by atoms with Gasteiger partial charge in [-0.25, -0.2) is 0 Å². The maximum Gasteiger partial charge on any atom is 0.257 e. The molecule has 0 atom stereocenters. The summed E-state index contributed by atoms with van der Waals surface area (Å²) in [6, 6.07) is 6.98. The lowest BCUT2D eigenvalue weighted by Gasteiger charge is -2.10. The van der Waals surface area contributed by atoms with Crippen molar-refractivity contribution >= 4 is 23.2 Å². The van der Waals surface area contributed by atoms with Crippen LogP contribution < -0.4 is 15.4 Å². The van der Waals surface area contributed by atoms with Gasteiger partial charge in [-0.15, -0.1) is 0 Å². The molecule has 0 fully saturated rings. The standard InChI is InChI=1S/C25H42N2O2S/c1-3-4-5-6-7-8-9-10-11-12-13-14-15-16-21-26-25(30)27-24(28)22-17-19-23(29-2)20-18-22/h17-20H,3-16,21H2,1-2H3,(H2,26,27,28,30). The van der Waals surface area contributed by atoms with Gasteiger partial charge in [0.1, 0.15) is 5.75 Å². The van der Waals surface area contributed by atoms with E-state index in [4.69, 9.17) is 17.0 Å². The van der Waals surface area contributed by atoms with Crippen molar-refractivity contribution in [3.8, 4) is 5.75 Å². The van der Waals surface area contributed by atoms with Crippen molar-refractivity contribution in [1.29, 1.82) is 0 Å². The predicted octanol–water partition coefficient (Wildman–Crippen LogP) is 6.78. The largest absolute Gasteiger partial charge is 0.497 e. The van der Waals surface area contributed by atoms with E-state index in [9.17, 15) is 4.79 Å². The number of methoxy groups -OCH3 is 1. The van der Waals surface area contributed by atoms with Gasteiger partial charge >= 0.3 is 0 Å². The summed E-state index contributed by atoms with van der Waals surface area (Å²) in [5.74, 6) is 0.529. The number of carbonyl (C=O) groups excluding carboxylic acids is 1. The first-order valence-corrected chi connectivity index (χ1v) is 12.3. The minimum atomic E-state index is -0.198. The molecule has 0 saturated carbocycles. The maximum absolute atomic E-state index is 12.1. The van der Waals surface area contributed by atoms with Gasteiger partial charge < -0.3 is 10.1 Å². The van der Waals surface area contributed by atoms with E-state index >= 15 is 0 Å². The number of hydrogen-bond acceptors (Lipinski definition) is 3. The predicted molar refractivity (Wildman–Crippen MR) is 131 cm³/mol. The molecule has 0 bridgehead atoms. The van der Waals surface area contributed by atoms with Crippen LogP contribution in [0.1, 0.15) is 107 Å². The lowest BCUT2D eigenvalue weighted by Crippen LogP contribution is -2.39. The number of rotatable bonds is 17. The molecule has 1 aromatic carbocycles. The Bertz CT molecular complexity index is 575. The first-order valence-electron chi connectivity index (χ1n) is 11.9. The summed E-state index contributed by atoms with van der Waals surface area (Å²) < 4.78 is 5.10. The molecule has 1 rings (SSSR count). The maximum atomic E-state index is 12.1. The van der Waals surface area contributed by atoms with Gasteiger partial charge in [0.15, 0.2) is 5.11 Å². The Morgan fingerprint density at radius 3 is 1.73 bits per heavy atom. The SMILES string of the molecule is CCCCCCCCCCCCCCCCNC(=S)NC(=O)c1ccc(OC)cc1. The van der Waals surface area contributed by atoms with E-state index in [2.05, 4.69) is 17.6 Å². The molecular formula is C25H42N2O2S. The second-order valence-corrected chi connectivity index (χ2v) is 8.44. The molecule has 170 valence electrons. The zero-order valence-corrected chi connectivity index (χ0v) is 20.0. The molecule has 0 radical (unpaired) electrons. The third kappa shape index (κ3) is 13.6. The minimum Gasteiger partial charge on any atom is -0.497 e. The lowest BCUT2D eigenvalue weighted by molar-refractivity contribution is 0.0976. The molecule has 2 N–H and O–H groups in total. The van der Waals surface area contributed by atoms with Gasteiger partial charge in [-0.3, -0.25) is 10.1 Å². The molecule has 0 aliphatic heterocycles. The third-order valence-electron chi connectivity index (χ3n) is 5.40. The first kappa shape index (κ1) is 26.4. The van der Waals surface area contributed by atoms with E-state index in [0.29, 0.717) is 10.7 Å². The summed E-state index contributed by atoms with van der Waals surface area (Å²) in [5, 5.41) is 6.24. The number of hydrogen-bond donors (Lipinski definition) is 2. The van der Waals surface area contributed by atoms with Crippen LogP contribution in [0.2, 0.25) is 0 Å². The fourth-order valence-corrected chi connectivity index (χ4v) is 3.68. The normalized spacial score (nSPS) is 10.6. The molecule has 0 spiro atoms. The van der Waals surface area contributed by atoms with Crippen LogP contribution in [0.15, 0.2) is 24.3 Å². The van der Waals surface area contributed by atoms with Gasteiger partial charge in [0, 0.05) is 12.1 Å². The van der Waals surface area contributed by atoms with E-state index in [0.717, 1.165) is 18.7 Å². The van der Waals surface area contributed by atoms with E-state index < -0.39 is 0 Å². The van der Waals surface area contributed by atoms with Gasteiger partial charge in [-0.05, 0) is 42.9 Å². The van der Waals surface area contributed by atoms with Crippen LogP contribution >= 0.6 is 12.2 Å². The molecule has 0 unspecified atom stereocenters. The first-order chi connectivity index (χ1) is 14.7. The Balaban J connectivity index is 1.90. The molecule has 0 heterocycles. The molecule has 0 aliphatic carbocycles. The Morgan fingerprint density at radius 2 is 1.27 bits per heavy atom. The van der Waals surface area contributed by atoms with E-state index in [-0.39, 0.29) is 5.91 Å². The highest BCUT2D eigenvalue weighted by Crippen LogP contribution is 2.13. The van der Waals surface area contributed by atoms with Crippen molar-refractivity contribution in [1.82, 2.24) is 10.6 Å². The zero-order chi connectivity index (χ0) is 21.9. The fourth-order valence-electron chi connectivity index (χ4n) is 3.48. The fraction of sp³-hybridized carbons (Fsp3) is 0.680. The van der Waals surface area contributed by atoms with Crippen molar-refractivity contribution in [2.75, 3.05) is 13.7 Å². The summed E-state index contributed by atoms with van der Waals surface area (Å²) in [6.07, 6.45) is 18.9. The summed E-state index contributed by atoms with van der Waals surface area (Å²) in [4.78, 5) is 12.1. The second kappa shape index (κ2) is 18.2. The van der Waals surface area contributed by atoms with Crippen LogP contribution in [-0.4, -0.2) is 24.7 Å². The van der Waals surface area contributed by atoms with Crippen LogP contribution in [0.4, 0.5) is 0 Å². The summed E-state index contributed by atoms with van der Waals surface area (Å²) in [5.41, 5.74) is 0.566. The molecule has 4 nitrogen and oxygen atoms in total. The average molecular weight is 435 g/mol. The highest BCUT2D eigenvalue weighted by atomic mass is 32.1. The van der Waals surface area contributed by atoms with Crippen LogP contribution in [0.25, 0.3) is 0 Å². The van der Waals surface area contributed by atoms with Gasteiger partial charge in [-0.2, -0.15) is 0 Å². The number of thiocarbonyl (C=S) groups is 1. The Labute approximate surface area is 189 Å². The van der Waals surface area contributed by atoms with Crippen molar-refractivity contribution < 1.29 is 9.53 Å². The van der Waals surface area contributed by atoms with Gasteiger partial charge in [0.05, 0.1) is 7.11 Å². The number of unbranched alkanes of at least 4 members (excludes halogenated alkanes) is 13. The topological polar surface area (TPSA) is 50.4 Å². The van der Waals surface area contributed by atoms with E-state index in [1.54, 1.807) is 31.4 Å². The number of nitrogens with one attached hydrogen (secondary N) is 2. The molecule has 5 heteroatoms. The number of amides is 1. The number of benzene rings is 1. The lowest BCUT2D eigenvalue weighted by atomic mass is 10.0. The van der Waals surface area contributed by atoms with E-state index in [1.165, 1.54) is 83.5 Å². The second-order valence-electron chi connectivity index (χ2n) is 8.03. The molecular weight excluding hydrogens is 392 g/mol. The molecule has 30 heavy (non-hydrogen) atoms. The highest BCUT2D eigenvalue weighted by Gasteiger charge is 2.07. The average Bonchev–Trinajstić information content (AvgIpc) is 2.76. The minimum absolute atomic E-state index is 0.198. The molecule has 0 aromatic heterocycles. The molecule has 0 saturated heterocycles. The van der Waals surface area contributed by atoms with Crippen LogP contribution in [0.3, 0.4) is 0 Å². The van der Waals surface area contributed by atoms with E-state index in [1.807, 2.05) is 0 Å². The highest BCUT2D eigenvalue weighted by molar-refractivity contribution is 7.80. The van der Waals surface area contributed by atoms with Crippen LogP contribution in [0, 0.1) is 0 Å². The van der Waals surface area contributed by atoms with Crippen LogP contribution in [-0.2, 0) is 0 Å². The third-order valence-corrected chi connectivity index (χ3v) is 5.64. The monoisotopic (exact) mass is 434 g/mol. The van der Waals surface area contributed by atoms with Crippen LogP contribution in [0.5, 0.6) is 5.75 Å². The summed E-state index contributed by atoms with van der Waals surface area (Å²) in [6.45, 7) is 3.08. The quantitative estimate of drug-likeness (QED) is 0.209. The Kier molecular flexibility index (Phi) is 16.0.